The fraction of sp³-hybridized carbons (Fsp3) is 0.200. The quantitative estimate of drug-likeness (QED) is 0.528. The van der Waals surface area contributed by atoms with Gasteiger partial charge in [-0.25, -0.2) is 0 Å². The molecule has 0 unspecified atom stereocenters. The highest BCUT2D eigenvalue weighted by atomic mass is 16.5. The Balaban J connectivity index is 3.05. The van der Waals surface area contributed by atoms with Gasteiger partial charge in [0.25, 0.3) is 0 Å². The summed E-state index contributed by atoms with van der Waals surface area (Å²) in [5, 5.41) is 0. The smallest absolute Gasteiger partial charge is 0.135 e. The first-order valence-electron chi connectivity index (χ1n) is 3.77. The Labute approximate surface area is 72.3 Å². The summed E-state index contributed by atoms with van der Waals surface area (Å²) < 4.78 is 5.28. The van der Waals surface area contributed by atoms with Gasteiger partial charge < -0.3 is 10.5 Å². The molecule has 0 spiro atoms. The zero-order chi connectivity index (χ0) is 8.97. The van der Waals surface area contributed by atoms with Gasteiger partial charge in [-0.2, -0.15) is 0 Å². The maximum absolute atomic E-state index is 5.55. The number of rotatable bonds is 2. The lowest BCUT2D eigenvalue weighted by Crippen LogP contribution is -1.95. The summed E-state index contributed by atoms with van der Waals surface area (Å²) in [6.45, 7) is 2.52. The highest BCUT2D eigenvalue weighted by molar-refractivity contribution is 5.54. The van der Waals surface area contributed by atoms with Gasteiger partial charge in [-0.3, -0.25) is 0 Å². The summed E-state index contributed by atoms with van der Waals surface area (Å²) in [5.74, 6) is 3.23. The summed E-state index contributed by atoms with van der Waals surface area (Å²) in [5.41, 5.74) is 6.91. The fourth-order valence-electron chi connectivity index (χ4n) is 0.942. The van der Waals surface area contributed by atoms with Crippen LogP contribution in [-0.2, 0) is 0 Å². The van der Waals surface area contributed by atoms with Gasteiger partial charge in [-0.1, -0.05) is 5.92 Å². The SMILES string of the molecule is C#Cc1cc(N)ccc1OCC. The van der Waals surface area contributed by atoms with Gasteiger partial charge in [0.05, 0.1) is 12.2 Å². The zero-order valence-electron chi connectivity index (χ0n) is 7.00. The molecule has 0 aromatic heterocycles. The highest BCUT2D eigenvalue weighted by Crippen LogP contribution is 2.19. The van der Waals surface area contributed by atoms with E-state index in [1.54, 1.807) is 18.2 Å². The van der Waals surface area contributed by atoms with E-state index in [-0.39, 0.29) is 0 Å². The largest absolute Gasteiger partial charge is 0.493 e. The van der Waals surface area contributed by atoms with Crippen molar-refractivity contribution in [2.24, 2.45) is 0 Å². The Morgan fingerprint density at radius 1 is 1.58 bits per heavy atom. The summed E-state index contributed by atoms with van der Waals surface area (Å²) >= 11 is 0. The van der Waals surface area contributed by atoms with Gasteiger partial charge in [0.1, 0.15) is 5.75 Å². The number of nitrogens with two attached hydrogens (primary N) is 1. The van der Waals surface area contributed by atoms with Crippen molar-refractivity contribution in [3.63, 3.8) is 0 Å². The predicted octanol–water partition coefficient (Wildman–Crippen LogP) is 1.65. The Morgan fingerprint density at radius 2 is 2.33 bits per heavy atom. The molecule has 0 saturated heterocycles. The van der Waals surface area contributed by atoms with Gasteiger partial charge in [0, 0.05) is 5.69 Å². The number of ether oxygens (including phenoxy) is 1. The Morgan fingerprint density at radius 3 is 2.92 bits per heavy atom. The molecule has 0 amide bonds. The lowest BCUT2D eigenvalue weighted by molar-refractivity contribution is 0.339. The van der Waals surface area contributed by atoms with E-state index >= 15 is 0 Å². The highest BCUT2D eigenvalue weighted by Gasteiger charge is 1.99. The molecule has 2 nitrogen and oxygen atoms in total. The summed E-state index contributed by atoms with van der Waals surface area (Å²) in [4.78, 5) is 0. The normalized spacial score (nSPS) is 9.00. The second-order valence-electron chi connectivity index (χ2n) is 2.33. The van der Waals surface area contributed by atoms with Crippen molar-refractivity contribution in [3.8, 4) is 18.1 Å². The first-order valence-corrected chi connectivity index (χ1v) is 3.77. The predicted molar refractivity (Wildman–Crippen MR) is 50.0 cm³/mol. The second-order valence-corrected chi connectivity index (χ2v) is 2.33. The maximum atomic E-state index is 5.55. The molecule has 1 aromatic carbocycles. The lowest BCUT2D eigenvalue weighted by atomic mass is 10.2. The monoisotopic (exact) mass is 161 g/mol. The van der Waals surface area contributed by atoms with E-state index < -0.39 is 0 Å². The van der Waals surface area contributed by atoms with Crippen molar-refractivity contribution in [1.29, 1.82) is 0 Å². The minimum atomic E-state index is 0.610. The number of benzene rings is 1. The molecule has 0 aliphatic carbocycles. The van der Waals surface area contributed by atoms with E-state index in [9.17, 15) is 0 Å². The first-order chi connectivity index (χ1) is 5.77. The summed E-state index contributed by atoms with van der Waals surface area (Å²) in [7, 11) is 0. The minimum absolute atomic E-state index is 0.610. The fourth-order valence-corrected chi connectivity index (χ4v) is 0.942. The molecule has 0 radical (unpaired) electrons. The van der Waals surface area contributed by atoms with Crippen LogP contribution in [0.2, 0.25) is 0 Å². The van der Waals surface area contributed by atoms with Crippen LogP contribution in [0.4, 0.5) is 5.69 Å². The Kier molecular flexibility index (Phi) is 2.60. The third-order valence-electron chi connectivity index (χ3n) is 1.46. The zero-order valence-corrected chi connectivity index (χ0v) is 7.00. The van der Waals surface area contributed by atoms with Crippen molar-refractivity contribution in [2.75, 3.05) is 12.3 Å². The molecule has 0 heterocycles. The van der Waals surface area contributed by atoms with Crippen LogP contribution in [0.15, 0.2) is 18.2 Å². The van der Waals surface area contributed by atoms with Crippen molar-refractivity contribution in [3.05, 3.63) is 23.8 Å². The van der Waals surface area contributed by atoms with E-state index in [2.05, 4.69) is 5.92 Å². The third-order valence-corrected chi connectivity index (χ3v) is 1.46. The average Bonchev–Trinajstić information content (AvgIpc) is 2.08. The van der Waals surface area contributed by atoms with Gasteiger partial charge in [-0.15, -0.1) is 6.42 Å². The molecule has 0 saturated carbocycles. The number of anilines is 1. The molecule has 1 rings (SSSR count). The topological polar surface area (TPSA) is 35.2 Å². The van der Waals surface area contributed by atoms with Crippen LogP contribution in [0.3, 0.4) is 0 Å². The summed E-state index contributed by atoms with van der Waals surface area (Å²) in [6.07, 6.45) is 5.26. The van der Waals surface area contributed by atoms with E-state index in [4.69, 9.17) is 16.9 Å². The van der Waals surface area contributed by atoms with Crippen LogP contribution in [-0.4, -0.2) is 6.61 Å². The minimum Gasteiger partial charge on any atom is -0.493 e. The van der Waals surface area contributed by atoms with Crippen molar-refractivity contribution in [1.82, 2.24) is 0 Å². The van der Waals surface area contributed by atoms with Crippen LogP contribution in [0.5, 0.6) is 5.75 Å². The van der Waals surface area contributed by atoms with Gasteiger partial charge in [0.15, 0.2) is 0 Å². The molecular formula is C10H11NO. The molecule has 2 heteroatoms. The molecule has 0 atom stereocenters. The molecule has 12 heavy (non-hydrogen) atoms. The van der Waals surface area contributed by atoms with Gasteiger partial charge in [0.2, 0.25) is 0 Å². The van der Waals surface area contributed by atoms with Crippen molar-refractivity contribution >= 4 is 5.69 Å². The number of hydrogen-bond donors (Lipinski definition) is 1. The van der Waals surface area contributed by atoms with Gasteiger partial charge >= 0.3 is 0 Å². The van der Waals surface area contributed by atoms with Crippen molar-refractivity contribution in [2.45, 2.75) is 6.92 Å². The van der Waals surface area contributed by atoms with E-state index in [0.29, 0.717) is 23.6 Å². The number of nitrogen functional groups attached to an aromatic ring is 1. The summed E-state index contributed by atoms with van der Waals surface area (Å²) in [6, 6.07) is 5.28. The Bertz CT molecular complexity index is 312. The second kappa shape index (κ2) is 3.68. The van der Waals surface area contributed by atoms with Crippen LogP contribution >= 0.6 is 0 Å². The lowest BCUT2D eigenvalue weighted by Gasteiger charge is -2.05. The number of hydrogen-bond acceptors (Lipinski definition) is 2. The molecule has 0 aliphatic rings. The molecular weight excluding hydrogens is 150 g/mol. The molecule has 0 bridgehead atoms. The molecule has 1 aromatic rings. The van der Waals surface area contributed by atoms with E-state index in [1.807, 2.05) is 6.92 Å². The first kappa shape index (κ1) is 8.48. The van der Waals surface area contributed by atoms with Crippen LogP contribution in [0.25, 0.3) is 0 Å². The molecule has 2 N–H and O–H groups in total. The maximum Gasteiger partial charge on any atom is 0.135 e. The van der Waals surface area contributed by atoms with Crippen LogP contribution in [0, 0.1) is 12.3 Å². The van der Waals surface area contributed by atoms with Crippen LogP contribution in [0.1, 0.15) is 12.5 Å². The van der Waals surface area contributed by atoms with Crippen molar-refractivity contribution < 1.29 is 4.74 Å². The molecule has 0 aliphatic heterocycles. The average molecular weight is 161 g/mol. The standard InChI is InChI=1S/C10H11NO/c1-3-8-7-9(11)5-6-10(8)12-4-2/h1,5-7H,4,11H2,2H3. The van der Waals surface area contributed by atoms with Crippen LogP contribution < -0.4 is 10.5 Å². The Hall–Kier alpha value is -1.62. The third kappa shape index (κ3) is 1.70. The number of terminal acetylenes is 1. The molecule has 62 valence electrons. The van der Waals surface area contributed by atoms with Gasteiger partial charge in [-0.05, 0) is 25.1 Å². The van der Waals surface area contributed by atoms with E-state index in [0.717, 1.165) is 0 Å². The van der Waals surface area contributed by atoms with E-state index in [1.165, 1.54) is 0 Å². The molecule has 0 fully saturated rings.